The van der Waals surface area contributed by atoms with E-state index >= 15 is 0 Å². The number of benzene rings is 5. The molecule has 0 unspecified atom stereocenters. The fraction of sp³-hybridized carbons (Fsp3) is 0.286. The van der Waals surface area contributed by atoms with Crippen LogP contribution in [0.3, 0.4) is 0 Å². The third-order valence-electron chi connectivity index (χ3n) is 8.76. The van der Waals surface area contributed by atoms with Crippen molar-refractivity contribution < 1.29 is 23.7 Å². The predicted octanol–water partition coefficient (Wildman–Crippen LogP) is 8.56. The summed E-state index contributed by atoms with van der Waals surface area (Å²) in [5.41, 5.74) is 5.47. The van der Waals surface area contributed by atoms with Crippen molar-refractivity contribution in [2.75, 3.05) is 0 Å². The molecule has 1 fully saturated rings. The molecule has 0 aliphatic heterocycles. The summed E-state index contributed by atoms with van der Waals surface area (Å²) < 4.78 is 34.2. The second-order valence-corrected chi connectivity index (χ2v) is 12.2. The van der Waals surface area contributed by atoms with Crippen LogP contribution in [-0.2, 0) is 56.7 Å². The summed E-state index contributed by atoms with van der Waals surface area (Å²) in [5.74, 6) is -0.0689. The lowest BCUT2D eigenvalue weighted by Gasteiger charge is -2.49. The van der Waals surface area contributed by atoms with Crippen LogP contribution in [0.2, 0.25) is 0 Å². The lowest BCUT2D eigenvalue weighted by Crippen LogP contribution is -2.63. The van der Waals surface area contributed by atoms with Crippen molar-refractivity contribution >= 4 is 0 Å². The average molecular weight is 629 g/mol. The third kappa shape index (κ3) is 9.25. The first kappa shape index (κ1) is 32.8. The van der Waals surface area contributed by atoms with Crippen molar-refractivity contribution in [3.8, 4) is 0 Å². The molecule has 0 N–H and O–H groups in total. The highest BCUT2D eigenvalue weighted by Crippen LogP contribution is 2.38. The Kier molecular flexibility index (Phi) is 12.0. The second kappa shape index (κ2) is 17.2. The van der Waals surface area contributed by atoms with E-state index < -0.39 is 18.3 Å². The summed E-state index contributed by atoms with van der Waals surface area (Å²) in [4.78, 5) is 0. The van der Waals surface area contributed by atoms with Gasteiger partial charge in [-0.25, -0.2) is 0 Å². The zero-order valence-corrected chi connectivity index (χ0v) is 27.0. The number of ether oxygens (including phenoxy) is 5. The monoisotopic (exact) mass is 628 g/mol. The van der Waals surface area contributed by atoms with E-state index in [0.29, 0.717) is 33.0 Å². The average Bonchev–Trinajstić information content (AvgIpc) is 3.14. The van der Waals surface area contributed by atoms with Crippen LogP contribution >= 0.6 is 0 Å². The maximum absolute atomic E-state index is 6.87. The summed E-state index contributed by atoms with van der Waals surface area (Å²) in [6, 6.07) is 51.3. The van der Waals surface area contributed by atoms with Crippen molar-refractivity contribution in [1.29, 1.82) is 0 Å². The van der Waals surface area contributed by atoms with Gasteiger partial charge in [0.15, 0.2) is 0 Å². The first-order valence-electron chi connectivity index (χ1n) is 16.5. The molecule has 6 atom stereocenters. The summed E-state index contributed by atoms with van der Waals surface area (Å²) in [5, 5.41) is 0. The van der Waals surface area contributed by atoms with Gasteiger partial charge in [0, 0.05) is 5.92 Å². The van der Waals surface area contributed by atoms with Crippen LogP contribution in [0, 0.1) is 5.92 Å². The van der Waals surface area contributed by atoms with Gasteiger partial charge in [0.05, 0.1) is 45.2 Å². The van der Waals surface area contributed by atoms with E-state index in [1.54, 1.807) is 0 Å². The topological polar surface area (TPSA) is 46.2 Å². The fourth-order valence-corrected chi connectivity index (χ4v) is 6.24. The molecule has 1 aliphatic carbocycles. The van der Waals surface area contributed by atoms with Crippen LogP contribution in [0.15, 0.2) is 152 Å². The van der Waals surface area contributed by atoms with Gasteiger partial charge in [0.1, 0.15) is 18.3 Å². The van der Waals surface area contributed by atoms with Gasteiger partial charge in [-0.3, -0.25) is 0 Å². The molecule has 0 aromatic heterocycles. The Morgan fingerprint density at radius 2 is 0.489 bits per heavy atom. The molecule has 0 amide bonds. The molecular formula is C42H44O5. The molecular weight excluding hydrogens is 584 g/mol. The SMILES string of the molecule is C[C@@H]1[C@@H](OCc2ccccc2)[C@H](OCc2ccccc2)[C@@H](OCc2ccccc2)[C@H](OCc2ccccc2)[C@@H]1OCc1ccccc1. The van der Waals surface area contributed by atoms with Gasteiger partial charge in [-0.1, -0.05) is 159 Å². The summed E-state index contributed by atoms with van der Waals surface area (Å²) in [7, 11) is 0. The Morgan fingerprint density at radius 1 is 0.298 bits per heavy atom. The molecule has 0 spiro atoms. The Labute approximate surface area is 279 Å². The van der Waals surface area contributed by atoms with Gasteiger partial charge in [-0.05, 0) is 27.8 Å². The standard InChI is InChI=1S/C42H44O5/c1-32-38(43-27-33-17-7-2-8-18-33)40(45-29-35-21-11-4-12-22-35)42(47-31-37-25-15-6-16-26-37)41(46-30-36-23-13-5-14-24-36)39(32)44-28-34-19-9-3-10-20-34/h2-26,32,38-42H,27-31H2,1H3/t32-,38-,39-,40+,41-,42-/m1/s1. The molecule has 1 aliphatic rings. The molecule has 0 saturated heterocycles. The maximum Gasteiger partial charge on any atom is 0.115 e. The minimum absolute atomic E-state index is 0.0689. The van der Waals surface area contributed by atoms with Crippen molar-refractivity contribution in [3.05, 3.63) is 179 Å². The maximum atomic E-state index is 6.87. The van der Waals surface area contributed by atoms with Crippen LogP contribution in [0.5, 0.6) is 0 Å². The minimum atomic E-state index is -0.472. The highest BCUT2D eigenvalue weighted by molar-refractivity contribution is 5.18. The van der Waals surface area contributed by atoms with Crippen molar-refractivity contribution in [3.63, 3.8) is 0 Å². The highest BCUT2D eigenvalue weighted by Gasteiger charge is 2.52. The summed E-state index contributed by atoms with van der Waals surface area (Å²) >= 11 is 0. The van der Waals surface area contributed by atoms with Crippen LogP contribution < -0.4 is 0 Å². The lowest BCUT2D eigenvalue weighted by atomic mass is 9.78. The minimum Gasteiger partial charge on any atom is -0.370 e. The van der Waals surface area contributed by atoms with Crippen molar-refractivity contribution in [2.45, 2.75) is 70.5 Å². The molecule has 6 rings (SSSR count). The zero-order valence-electron chi connectivity index (χ0n) is 27.0. The van der Waals surface area contributed by atoms with Crippen molar-refractivity contribution in [1.82, 2.24) is 0 Å². The van der Waals surface area contributed by atoms with Gasteiger partial charge >= 0.3 is 0 Å². The van der Waals surface area contributed by atoms with Gasteiger partial charge < -0.3 is 23.7 Å². The zero-order chi connectivity index (χ0) is 32.1. The Bertz CT molecular complexity index is 1470. The Balaban J connectivity index is 1.35. The van der Waals surface area contributed by atoms with E-state index in [1.807, 2.05) is 91.0 Å². The number of hydrogen-bond donors (Lipinski definition) is 0. The highest BCUT2D eigenvalue weighted by atomic mass is 16.6. The Morgan fingerprint density at radius 3 is 0.723 bits per heavy atom. The van der Waals surface area contributed by atoms with E-state index in [0.717, 1.165) is 27.8 Å². The molecule has 242 valence electrons. The smallest absolute Gasteiger partial charge is 0.115 e. The lowest BCUT2D eigenvalue weighted by molar-refractivity contribution is -0.268. The van der Waals surface area contributed by atoms with Gasteiger partial charge in [-0.15, -0.1) is 0 Å². The fourth-order valence-electron chi connectivity index (χ4n) is 6.24. The number of rotatable bonds is 15. The molecule has 0 radical (unpaired) electrons. The van der Waals surface area contributed by atoms with Gasteiger partial charge in [-0.2, -0.15) is 0 Å². The normalized spacial score (nSPS) is 22.6. The summed E-state index contributed by atoms with van der Waals surface area (Å²) in [6.45, 7) is 4.36. The van der Waals surface area contributed by atoms with Crippen LogP contribution in [0.1, 0.15) is 34.7 Å². The van der Waals surface area contributed by atoms with E-state index in [9.17, 15) is 0 Å². The molecule has 5 heteroatoms. The first-order chi connectivity index (χ1) is 23.2. The molecule has 5 nitrogen and oxygen atoms in total. The molecule has 5 aromatic rings. The first-order valence-corrected chi connectivity index (χ1v) is 16.5. The van der Waals surface area contributed by atoms with Gasteiger partial charge in [0.2, 0.25) is 0 Å². The Hall–Kier alpha value is -4.10. The number of hydrogen-bond acceptors (Lipinski definition) is 5. The summed E-state index contributed by atoms with van der Waals surface area (Å²) in [6.07, 6.45) is -1.96. The van der Waals surface area contributed by atoms with Crippen molar-refractivity contribution in [2.24, 2.45) is 5.92 Å². The van der Waals surface area contributed by atoms with Gasteiger partial charge in [0.25, 0.3) is 0 Å². The molecule has 1 saturated carbocycles. The molecule has 5 aromatic carbocycles. The van der Waals surface area contributed by atoms with Crippen LogP contribution in [0.4, 0.5) is 0 Å². The third-order valence-corrected chi connectivity index (χ3v) is 8.76. The van der Waals surface area contributed by atoms with Crippen LogP contribution in [-0.4, -0.2) is 30.5 Å². The second-order valence-electron chi connectivity index (χ2n) is 12.2. The molecule has 47 heavy (non-hydrogen) atoms. The molecule has 0 bridgehead atoms. The predicted molar refractivity (Wildman–Crippen MR) is 184 cm³/mol. The quantitative estimate of drug-likeness (QED) is 0.116. The van der Waals surface area contributed by atoms with E-state index in [1.165, 1.54) is 0 Å². The van der Waals surface area contributed by atoms with E-state index in [2.05, 4.69) is 67.6 Å². The van der Waals surface area contributed by atoms with E-state index in [-0.39, 0.29) is 18.1 Å². The van der Waals surface area contributed by atoms with E-state index in [4.69, 9.17) is 23.7 Å². The largest absolute Gasteiger partial charge is 0.370 e. The molecule has 0 heterocycles. The van der Waals surface area contributed by atoms with Crippen LogP contribution in [0.25, 0.3) is 0 Å².